The lowest BCUT2D eigenvalue weighted by Gasteiger charge is -2.25. The fraction of sp³-hybridized carbons (Fsp3) is 0.375. The molecule has 5 nitrogen and oxygen atoms in total. The number of hydrogen-bond acceptors (Lipinski definition) is 3. The lowest BCUT2D eigenvalue weighted by Crippen LogP contribution is -2.30. The highest BCUT2D eigenvalue weighted by molar-refractivity contribution is 7.71. The van der Waals surface area contributed by atoms with Crippen molar-refractivity contribution in [3.63, 3.8) is 0 Å². The number of fused-ring (bicyclic) bond motifs is 1. The summed E-state index contributed by atoms with van der Waals surface area (Å²) in [4.78, 5) is 30.7. The summed E-state index contributed by atoms with van der Waals surface area (Å²) in [5, 5.41) is 1.68. The van der Waals surface area contributed by atoms with Crippen LogP contribution in [-0.2, 0) is 11.3 Å². The number of halogens is 2. The maximum atomic E-state index is 12.9. The minimum absolute atomic E-state index is 0.0618. The largest absolute Gasteiger partial charge is 0.336 e. The predicted molar refractivity (Wildman–Crippen MR) is 132 cm³/mol. The Bertz CT molecular complexity index is 1250. The van der Waals surface area contributed by atoms with Crippen molar-refractivity contribution in [2.24, 2.45) is 0 Å². The molecule has 4 rings (SSSR count). The van der Waals surface area contributed by atoms with E-state index in [9.17, 15) is 9.59 Å². The third kappa shape index (κ3) is 4.92. The quantitative estimate of drug-likeness (QED) is 0.313. The monoisotopic (exact) mass is 489 g/mol. The third-order valence-corrected chi connectivity index (χ3v) is 7.12. The molecule has 8 heteroatoms. The van der Waals surface area contributed by atoms with Crippen LogP contribution in [0.3, 0.4) is 0 Å². The van der Waals surface area contributed by atoms with E-state index in [0.717, 1.165) is 49.7 Å². The summed E-state index contributed by atoms with van der Waals surface area (Å²) < 4.78 is 2.05. The molecule has 0 bridgehead atoms. The highest BCUT2D eigenvalue weighted by Crippen LogP contribution is 2.35. The molecule has 1 fully saturated rings. The van der Waals surface area contributed by atoms with Gasteiger partial charge in [-0.1, -0.05) is 47.8 Å². The van der Waals surface area contributed by atoms with Gasteiger partial charge in [0.25, 0.3) is 5.56 Å². The van der Waals surface area contributed by atoms with E-state index in [-0.39, 0.29) is 17.5 Å². The molecule has 1 aliphatic heterocycles. The van der Waals surface area contributed by atoms with Crippen LogP contribution in [0.2, 0.25) is 10.0 Å². The number of benzene rings is 2. The van der Waals surface area contributed by atoms with Gasteiger partial charge in [0.05, 0.1) is 27.0 Å². The summed E-state index contributed by atoms with van der Waals surface area (Å²) >= 11 is 17.6. The van der Waals surface area contributed by atoms with E-state index in [1.807, 2.05) is 35.2 Å². The van der Waals surface area contributed by atoms with Gasteiger partial charge in [-0.05, 0) is 67.7 Å². The van der Waals surface area contributed by atoms with Crippen LogP contribution in [0.1, 0.15) is 50.1 Å². The topological polar surface area (TPSA) is 58.1 Å². The Morgan fingerprint density at radius 2 is 1.91 bits per heavy atom. The van der Waals surface area contributed by atoms with Gasteiger partial charge >= 0.3 is 0 Å². The Morgan fingerprint density at radius 3 is 2.72 bits per heavy atom. The Kier molecular flexibility index (Phi) is 7.33. The van der Waals surface area contributed by atoms with Crippen molar-refractivity contribution in [3.05, 3.63) is 73.2 Å². The van der Waals surface area contributed by atoms with E-state index in [0.29, 0.717) is 33.2 Å². The van der Waals surface area contributed by atoms with Crippen LogP contribution in [0.25, 0.3) is 10.9 Å². The number of unbranched alkanes of at least 4 members (excludes halogenated alkanes) is 2. The van der Waals surface area contributed by atoms with Crippen LogP contribution < -0.4 is 5.56 Å². The number of para-hydroxylation sites is 1. The number of likely N-dealkylation sites (tertiary alicyclic amines) is 1. The standard InChI is InChI=1S/C24H25Cl2N3O2S/c25-18-12-11-16(15-19(18)26)21-9-6-14-28(21)22(30)10-2-1-5-13-29-23(31)17-7-3-4-8-20(17)27-24(29)32/h3-4,7-8,11-12,15,21H,1-2,5-6,9-10,13-14H2,(H,27,32). The molecule has 2 heterocycles. The number of hydrogen-bond donors (Lipinski definition) is 1. The molecular formula is C24H25Cl2N3O2S. The van der Waals surface area contributed by atoms with E-state index < -0.39 is 0 Å². The number of carbonyl (C=O) groups is 1. The van der Waals surface area contributed by atoms with Crippen molar-refractivity contribution in [1.82, 2.24) is 14.5 Å². The molecule has 1 aliphatic rings. The molecule has 2 aromatic carbocycles. The molecule has 1 amide bonds. The minimum Gasteiger partial charge on any atom is -0.336 e. The van der Waals surface area contributed by atoms with Gasteiger partial charge < -0.3 is 9.88 Å². The van der Waals surface area contributed by atoms with Crippen molar-refractivity contribution in [2.45, 2.75) is 51.1 Å². The Morgan fingerprint density at radius 1 is 1.09 bits per heavy atom. The van der Waals surface area contributed by atoms with Crippen molar-refractivity contribution < 1.29 is 4.79 Å². The van der Waals surface area contributed by atoms with Gasteiger partial charge in [-0.2, -0.15) is 0 Å². The second-order valence-corrected chi connectivity index (χ2v) is 9.36. The highest BCUT2D eigenvalue weighted by atomic mass is 35.5. The average Bonchev–Trinajstić information content (AvgIpc) is 3.27. The molecule has 3 aromatic rings. The predicted octanol–water partition coefficient (Wildman–Crippen LogP) is 6.29. The maximum Gasteiger partial charge on any atom is 0.262 e. The van der Waals surface area contributed by atoms with E-state index in [2.05, 4.69) is 4.98 Å². The molecule has 1 atom stereocenters. The van der Waals surface area contributed by atoms with Gasteiger partial charge in [-0.25, -0.2) is 0 Å². The zero-order valence-corrected chi connectivity index (χ0v) is 20.0. The first-order valence-corrected chi connectivity index (χ1v) is 12.1. The van der Waals surface area contributed by atoms with Gasteiger partial charge in [0.1, 0.15) is 0 Å². The number of rotatable bonds is 7. The van der Waals surface area contributed by atoms with Crippen LogP contribution in [0.4, 0.5) is 0 Å². The zero-order chi connectivity index (χ0) is 22.7. The molecule has 0 saturated carbocycles. The van der Waals surface area contributed by atoms with Gasteiger partial charge in [-0.3, -0.25) is 14.2 Å². The van der Waals surface area contributed by atoms with Crippen molar-refractivity contribution in [2.75, 3.05) is 6.54 Å². The van der Waals surface area contributed by atoms with Gasteiger partial charge in [0.2, 0.25) is 5.91 Å². The molecule has 0 aliphatic carbocycles. The van der Waals surface area contributed by atoms with Crippen LogP contribution >= 0.6 is 35.4 Å². The second-order valence-electron chi connectivity index (χ2n) is 8.16. The van der Waals surface area contributed by atoms with E-state index >= 15 is 0 Å². The molecule has 1 aromatic heterocycles. The first-order valence-electron chi connectivity index (χ1n) is 10.9. The molecule has 1 saturated heterocycles. The fourth-order valence-electron chi connectivity index (χ4n) is 4.40. The molecule has 1 N–H and O–H groups in total. The first-order chi connectivity index (χ1) is 15.5. The summed E-state index contributed by atoms with van der Waals surface area (Å²) in [6.07, 6.45) is 4.84. The summed E-state index contributed by atoms with van der Waals surface area (Å²) in [7, 11) is 0. The normalized spacial score (nSPS) is 16.1. The van der Waals surface area contributed by atoms with Crippen molar-refractivity contribution >= 4 is 52.2 Å². The number of nitrogens with one attached hydrogen (secondary N) is 1. The molecule has 32 heavy (non-hydrogen) atoms. The summed E-state index contributed by atoms with van der Waals surface area (Å²) in [5.41, 5.74) is 1.73. The van der Waals surface area contributed by atoms with Crippen LogP contribution in [-0.4, -0.2) is 26.9 Å². The molecule has 168 valence electrons. The Balaban J connectivity index is 1.31. The lowest BCUT2D eigenvalue weighted by atomic mass is 10.0. The lowest BCUT2D eigenvalue weighted by molar-refractivity contribution is -0.132. The van der Waals surface area contributed by atoms with E-state index in [4.69, 9.17) is 35.4 Å². The summed E-state index contributed by atoms with van der Waals surface area (Å²) in [5.74, 6) is 0.165. The van der Waals surface area contributed by atoms with E-state index in [1.165, 1.54) is 0 Å². The molecule has 1 unspecified atom stereocenters. The number of aromatic amines is 1. The summed E-state index contributed by atoms with van der Waals surface area (Å²) in [6, 6.07) is 13.1. The molecule has 0 radical (unpaired) electrons. The third-order valence-electron chi connectivity index (χ3n) is 6.06. The van der Waals surface area contributed by atoms with Crippen LogP contribution in [0.5, 0.6) is 0 Å². The van der Waals surface area contributed by atoms with Crippen LogP contribution in [0.15, 0.2) is 47.3 Å². The first kappa shape index (κ1) is 23.0. The highest BCUT2D eigenvalue weighted by Gasteiger charge is 2.29. The number of carbonyl (C=O) groups excluding carboxylic acids is 1. The number of amides is 1. The zero-order valence-electron chi connectivity index (χ0n) is 17.7. The molecular weight excluding hydrogens is 465 g/mol. The van der Waals surface area contributed by atoms with Crippen molar-refractivity contribution in [3.8, 4) is 0 Å². The van der Waals surface area contributed by atoms with Gasteiger partial charge in [0, 0.05) is 19.5 Å². The minimum atomic E-state index is -0.0676. The summed E-state index contributed by atoms with van der Waals surface area (Å²) in [6.45, 7) is 1.31. The van der Waals surface area contributed by atoms with Crippen LogP contribution in [0, 0.1) is 4.77 Å². The Labute approximate surface area is 202 Å². The van der Waals surface area contributed by atoms with Gasteiger partial charge in [-0.15, -0.1) is 0 Å². The Hall–Kier alpha value is -2.15. The fourth-order valence-corrected chi connectivity index (χ4v) is 4.99. The molecule has 0 spiro atoms. The van der Waals surface area contributed by atoms with E-state index in [1.54, 1.807) is 16.7 Å². The maximum absolute atomic E-state index is 12.9. The number of H-pyrrole nitrogens is 1. The van der Waals surface area contributed by atoms with Gasteiger partial charge in [0.15, 0.2) is 4.77 Å². The smallest absolute Gasteiger partial charge is 0.262 e. The number of aromatic nitrogens is 2. The average molecular weight is 490 g/mol. The number of nitrogens with zero attached hydrogens (tertiary/aromatic N) is 2. The second kappa shape index (κ2) is 10.2. The SMILES string of the molecule is O=C(CCCCCn1c(=S)[nH]c2ccccc2c1=O)N1CCCC1c1ccc(Cl)c(Cl)c1. The van der Waals surface area contributed by atoms with Crippen molar-refractivity contribution in [1.29, 1.82) is 0 Å².